The number of aromatic nitrogens is 2. The second-order valence-corrected chi connectivity index (χ2v) is 5.48. The summed E-state index contributed by atoms with van der Waals surface area (Å²) in [5.41, 5.74) is 2.75. The predicted molar refractivity (Wildman–Crippen MR) is 78.3 cm³/mol. The lowest BCUT2D eigenvalue weighted by Crippen LogP contribution is -2.33. The molecule has 0 amide bonds. The summed E-state index contributed by atoms with van der Waals surface area (Å²) in [6.45, 7) is 1.76. The highest BCUT2D eigenvalue weighted by atomic mass is 79.9. The Hall–Kier alpha value is -1.24. The van der Waals surface area contributed by atoms with Crippen LogP contribution in [0.3, 0.4) is 0 Å². The molecule has 6 heteroatoms. The van der Waals surface area contributed by atoms with Gasteiger partial charge in [-0.15, -0.1) is 0 Å². The molecule has 0 radical (unpaired) electrons. The van der Waals surface area contributed by atoms with Gasteiger partial charge in [0.1, 0.15) is 5.52 Å². The number of anilines is 1. The number of nitrogens with one attached hydrogen (secondary N) is 2. The van der Waals surface area contributed by atoms with E-state index in [2.05, 4.69) is 36.5 Å². The van der Waals surface area contributed by atoms with Crippen molar-refractivity contribution in [3.63, 3.8) is 0 Å². The first-order chi connectivity index (χ1) is 9.28. The van der Waals surface area contributed by atoms with Gasteiger partial charge >= 0.3 is 0 Å². The van der Waals surface area contributed by atoms with E-state index in [0.29, 0.717) is 0 Å². The normalized spacial score (nSPS) is 22.8. The van der Waals surface area contributed by atoms with E-state index in [-0.39, 0.29) is 12.1 Å². The topological polar surface area (TPSA) is 59.1 Å². The van der Waals surface area contributed by atoms with Gasteiger partial charge in [-0.1, -0.05) is 0 Å². The van der Waals surface area contributed by atoms with Crippen LogP contribution in [0.4, 0.5) is 5.69 Å². The molecule has 1 saturated heterocycles. The molecule has 1 unspecified atom stereocenters. The van der Waals surface area contributed by atoms with Crippen LogP contribution in [-0.4, -0.2) is 42.3 Å². The van der Waals surface area contributed by atoms with Crippen LogP contribution >= 0.6 is 15.9 Å². The van der Waals surface area contributed by atoms with Gasteiger partial charge in [0.05, 0.1) is 23.3 Å². The third-order valence-corrected chi connectivity index (χ3v) is 3.78. The zero-order valence-electron chi connectivity index (χ0n) is 10.6. The molecule has 3 heterocycles. The molecule has 0 aliphatic carbocycles. The largest absolute Gasteiger partial charge is 0.378 e. The van der Waals surface area contributed by atoms with Gasteiger partial charge in [-0.25, -0.2) is 0 Å². The highest BCUT2D eigenvalue weighted by Gasteiger charge is 2.27. The van der Waals surface area contributed by atoms with Crippen molar-refractivity contribution in [3.8, 4) is 0 Å². The molecule has 3 rings (SSSR count). The van der Waals surface area contributed by atoms with Crippen molar-refractivity contribution in [2.45, 2.75) is 12.1 Å². The minimum absolute atomic E-state index is 0.179. The Labute approximate surface area is 119 Å². The van der Waals surface area contributed by atoms with Gasteiger partial charge in [0.15, 0.2) is 0 Å². The van der Waals surface area contributed by atoms with Crippen molar-refractivity contribution in [1.29, 1.82) is 0 Å². The molecule has 0 aromatic carbocycles. The van der Waals surface area contributed by atoms with E-state index in [0.717, 1.165) is 34.3 Å². The molecular weight excluding hydrogens is 308 g/mol. The highest BCUT2D eigenvalue weighted by molar-refractivity contribution is 9.10. The number of pyridine rings is 2. The minimum Gasteiger partial charge on any atom is -0.378 e. The quantitative estimate of drug-likeness (QED) is 0.902. The fraction of sp³-hybridized carbons (Fsp3) is 0.385. The molecule has 0 saturated carbocycles. The van der Waals surface area contributed by atoms with Gasteiger partial charge in [-0.05, 0) is 28.1 Å². The van der Waals surface area contributed by atoms with Crippen molar-refractivity contribution < 1.29 is 4.74 Å². The molecule has 0 spiro atoms. The molecule has 2 N–H and O–H groups in total. The molecule has 1 aliphatic heterocycles. The average Bonchev–Trinajstić information content (AvgIpc) is 2.86. The molecule has 19 heavy (non-hydrogen) atoms. The number of halogens is 1. The Morgan fingerprint density at radius 2 is 2.32 bits per heavy atom. The first-order valence-corrected chi connectivity index (χ1v) is 6.97. The predicted octanol–water partition coefficient (Wildman–Crippen LogP) is 1.79. The van der Waals surface area contributed by atoms with Gasteiger partial charge in [0, 0.05) is 37.1 Å². The van der Waals surface area contributed by atoms with Crippen LogP contribution in [0, 0.1) is 0 Å². The lowest BCUT2D eigenvalue weighted by Gasteiger charge is -2.20. The summed E-state index contributed by atoms with van der Waals surface area (Å²) >= 11 is 3.41. The summed E-state index contributed by atoms with van der Waals surface area (Å²) in [6, 6.07) is 4.17. The van der Waals surface area contributed by atoms with E-state index in [1.165, 1.54) is 0 Å². The summed E-state index contributed by atoms with van der Waals surface area (Å²) in [5.74, 6) is 0. The number of ether oxygens (including phenoxy) is 1. The Morgan fingerprint density at radius 3 is 3.16 bits per heavy atom. The van der Waals surface area contributed by atoms with Crippen molar-refractivity contribution >= 4 is 32.7 Å². The molecule has 100 valence electrons. The monoisotopic (exact) mass is 322 g/mol. The first kappa shape index (κ1) is 12.8. The lowest BCUT2D eigenvalue weighted by atomic mass is 10.2. The maximum absolute atomic E-state index is 5.46. The number of hydrogen-bond donors (Lipinski definition) is 2. The third kappa shape index (κ3) is 2.56. The molecule has 2 aromatic rings. The van der Waals surface area contributed by atoms with Crippen LogP contribution < -0.4 is 10.6 Å². The second-order valence-electron chi connectivity index (χ2n) is 4.56. The van der Waals surface area contributed by atoms with E-state index < -0.39 is 0 Å². The van der Waals surface area contributed by atoms with Crippen molar-refractivity contribution in [1.82, 2.24) is 15.3 Å². The Bertz CT molecular complexity index is 592. The summed E-state index contributed by atoms with van der Waals surface area (Å²) in [7, 11) is 1.74. The number of rotatable bonds is 3. The molecule has 1 aliphatic rings. The number of hydrogen-bond acceptors (Lipinski definition) is 5. The van der Waals surface area contributed by atoms with Gasteiger partial charge < -0.3 is 15.4 Å². The van der Waals surface area contributed by atoms with Gasteiger partial charge in [0.2, 0.25) is 0 Å². The second kappa shape index (κ2) is 5.40. The van der Waals surface area contributed by atoms with E-state index >= 15 is 0 Å². The molecule has 5 nitrogen and oxygen atoms in total. The average molecular weight is 323 g/mol. The smallest absolute Gasteiger partial charge is 0.112 e. The Morgan fingerprint density at radius 1 is 1.42 bits per heavy atom. The number of fused-ring (bicyclic) bond motifs is 1. The van der Waals surface area contributed by atoms with Crippen LogP contribution in [0.2, 0.25) is 0 Å². The van der Waals surface area contributed by atoms with Crippen molar-refractivity contribution in [2.75, 3.05) is 25.5 Å². The summed E-state index contributed by atoms with van der Waals surface area (Å²) in [5, 5.41) is 6.82. The molecule has 0 bridgehead atoms. The zero-order chi connectivity index (χ0) is 13.2. The fourth-order valence-electron chi connectivity index (χ4n) is 2.37. The van der Waals surface area contributed by atoms with E-state index in [1.807, 2.05) is 12.1 Å². The van der Waals surface area contributed by atoms with Crippen LogP contribution in [0.1, 0.15) is 0 Å². The molecule has 1 fully saturated rings. The SMILES string of the molecule is CO[C@H]1CNCC1Nc1ccnc2cc(Br)cnc12. The van der Waals surface area contributed by atoms with E-state index in [9.17, 15) is 0 Å². The summed E-state index contributed by atoms with van der Waals surface area (Å²) < 4.78 is 6.39. The van der Waals surface area contributed by atoms with Crippen LogP contribution in [0.5, 0.6) is 0 Å². The van der Waals surface area contributed by atoms with Gasteiger partial charge in [-0.2, -0.15) is 0 Å². The first-order valence-electron chi connectivity index (χ1n) is 6.18. The molecule has 2 atom stereocenters. The highest BCUT2D eigenvalue weighted by Crippen LogP contribution is 2.23. The fourth-order valence-corrected chi connectivity index (χ4v) is 2.69. The Balaban J connectivity index is 1.92. The summed E-state index contributed by atoms with van der Waals surface area (Å²) in [6.07, 6.45) is 3.76. The minimum atomic E-state index is 0.179. The standard InChI is InChI=1S/C13H15BrN4O/c1-19-12-7-15-6-11(12)18-9-2-3-16-10-4-8(14)5-17-13(9)10/h2-5,11-12,15H,6-7H2,1H3,(H,16,18)/t11?,12-/m0/s1. The van der Waals surface area contributed by atoms with Crippen molar-refractivity contribution in [2.24, 2.45) is 0 Å². The van der Waals surface area contributed by atoms with E-state index in [1.54, 1.807) is 19.5 Å². The maximum Gasteiger partial charge on any atom is 0.112 e. The third-order valence-electron chi connectivity index (χ3n) is 3.35. The summed E-state index contributed by atoms with van der Waals surface area (Å²) in [4.78, 5) is 8.78. The van der Waals surface area contributed by atoms with Gasteiger partial charge in [-0.3, -0.25) is 9.97 Å². The molecule has 2 aromatic heterocycles. The van der Waals surface area contributed by atoms with Gasteiger partial charge in [0.25, 0.3) is 0 Å². The van der Waals surface area contributed by atoms with Crippen molar-refractivity contribution in [3.05, 3.63) is 29.0 Å². The number of nitrogens with zero attached hydrogens (tertiary/aromatic N) is 2. The lowest BCUT2D eigenvalue weighted by molar-refractivity contribution is 0.112. The van der Waals surface area contributed by atoms with Crippen LogP contribution in [0.15, 0.2) is 29.0 Å². The van der Waals surface area contributed by atoms with Crippen LogP contribution in [-0.2, 0) is 4.74 Å². The van der Waals surface area contributed by atoms with E-state index in [4.69, 9.17) is 4.74 Å². The van der Waals surface area contributed by atoms with Crippen LogP contribution in [0.25, 0.3) is 11.0 Å². The maximum atomic E-state index is 5.46. The molecular formula is C13H15BrN4O. The Kier molecular flexibility index (Phi) is 3.63. The number of methoxy groups -OCH3 is 1. The zero-order valence-corrected chi connectivity index (χ0v) is 12.1.